The van der Waals surface area contributed by atoms with E-state index in [2.05, 4.69) is 21.4 Å². The van der Waals surface area contributed by atoms with E-state index in [0.717, 1.165) is 34.5 Å². The quantitative estimate of drug-likeness (QED) is 0.463. The molecule has 1 aliphatic carbocycles. The molecular weight excluding hydrogens is 392 g/mol. The molecule has 4 rings (SSSR count). The Kier molecular flexibility index (Phi) is 5.29. The maximum Gasteiger partial charge on any atom is 0.258 e. The molecule has 31 heavy (non-hydrogen) atoms. The maximum atomic E-state index is 12.9. The van der Waals surface area contributed by atoms with Crippen LogP contribution in [0.15, 0.2) is 41.5 Å². The normalized spacial score (nSPS) is 12.8. The second-order valence-electron chi connectivity index (χ2n) is 7.61. The van der Waals surface area contributed by atoms with Crippen molar-refractivity contribution in [1.82, 2.24) is 14.5 Å². The zero-order valence-corrected chi connectivity index (χ0v) is 17.4. The van der Waals surface area contributed by atoms with Crippen molar-refractivity contribution in [2.45, 2.75) is 26.3 Å². The molecule has 2 aromatic heterocycles. The summed E-state index contributed by atoms with van der Waals surface area (Å²) in [5.41, 5.74) is 8.88. The molecule has 1 aromatic carbocycles. The van der Waals surface area contributed by atoms with Crippen molar-refractivity contribution in [3.05, 3.63) is 74.3 Å². The molecule has 0 atom stereocenters. The fourth-order valence-corrected chi connectivity index (χ4v) is 3.86. The van der Waals surface area contributed by atoms with Crippen LogP contribution in [0, 0.1) is 5.41 Å². The third-order valence-electron chi connectivity index (χ3n) is 5.57. The zero-order chi connectivity index (χ0) is 22.1. The van der Waals surface area contributed by atoms with E-state index in [1.807, 2.05) is 13.0 Å². The lowest BCUT2D eigenvalue weighted by atomic mass is 10.0. The Morgan fingerprint density at radius 3 is 2.90 bits per heavy atom. The second-order valence-corrected chi connectivity index (χ2v) is 7.61. The van der Waals surface area contributed by atoms with E-state index >= 15 is 0 Å². The number of nitrogen functional groups attached to an aromatic ring is 1. The Balaban J connectivity index is 1.71. The van der Waals surface area contributed by atoms with E-state index < -0.39 is 0 Å². The van der Waals surface area contributed by atoms with Crippen LogP contribution in [0.4, 0.5) is 11.6 Å². The standard InChI is InChI=1S/C23H24N6O2/c1-13-5-3-6-14-9-16(29(2)23(31)18(13)14)11-26-22-19(21(25)27-12-28-22)20(24)15-7-4-8-17(30)10-15/h4,6-10,12,24,30H,3,5,11H2,1-2H3,(H3,25,26,27,28). The molecule has 0 fully saturated rings. The maximum absolute atomic E-state index is 12.9. The molecule has 1 aliphatic rings. The first-order chi connectivity index (χ1) is 14.9. The Morgan fingerprint density at radius 1 is 1.32 bits per heavy atom. The van der Waals surface area contributed by atoms with Crippen LogP contribution >= 0.6 is 0 Å². The van der Waals surface area contributed by atoms with Gasteiger partial charge < -0.3 is 20.7 Å². The molecule has 0 radical (unpaired) electrons. The summed E-state index contributed by atoms with van der Waals surface area (Å²) >= 11 is 0. The third kappa shape index (κ3) is 3.79. The van der Waals surface area contributed by atoms with Crippen LogP contribution in [-0.2, 0) is 13.6 Å². The number of fused-ring (bicyclic) bond motifs is 1. The van der Waals surface area contributed by atoms with Gasteiger partial charge in [-0.15, -0.1) is 0 Å². The van der Waals surface area contributed by atoms with Gasteiger partial charge in [0.15, 0.2) is 0 Å². The SMILES string of the molecule is CC1=c2c(cc(CNc3ncnc(N)c3C(=N)c3cccc(O)c3)n(C)c2=O)=CCC1. The van der Waals surface area contributed by atoms with E-state index in [9.17, 15) is 9.90 Å². The highest BCUT2D eigenvalue weighted by Crippen LogP contribution is 2.23. The van der Waals surface area contributed by atoms with Gasteiger partial charge in [0.25, 0.3) is 5.56 Å². The minimum Gasteiger partial charge on any atom is -0.508 e. The van der Waals surface area contributed by atoms with Gasteiger partial charge in [0, 0.05) is 23.5 Å². The Bertz CT molecular complexity index is 1370. The Morgan fingerprint density at radius 2 is 2.13 bits per heavy atom. The third-order valence-corrected chi connectivity index (χ3v) is 5.57. The van der Waals surface area contributed by atoms with Gasteiger partial charge >= 0.3 is 0 Å². The highest BCUT2D eigenvalue weighted by Gasteiger charge is 2.17. The minimum atomic E-state index is -0.0160. The van der Waals surface area contributed by atoms with Crippen LogP contribution < -0.4 is 27.0 Å². The van der Waals surface area contributed by atoms with Crippen molar-refractivity contribution in [2.75, 3.05) is 11.1 Å². The summed E-state index contributed by atoms with van der Waals surface area (Å²) in [4.78, 5) is 21.2. The fourth-order valence-electron chi connectivity index (χ4n) is 3.86. The average molecular weight is 416 g/mol. The molecule has 158 valence electrons. The first-order valence-electron chi connectivity index (χ1n) is 9.98. The molecule has 3 aromatic rings. The number of phenols is 1. The zero-order valence-electron chi connectivity index (χ0n) is 17.4. The molecule has 2 heterocycles. The molecule has 0 unspecified atom stereocenters. The van der Waals surface area contributed by atoms with Crippen molar-refractivity contribution in [2.24, 2.45) is 7.05 Å². The van der Waals surface area contributed by atoms with Gasteiger partial charge in [-0.25, -0.2) is 9.97 Å². The summed E-state index contributed by atoms with van der Waals surface area (Å²) in [7, 11) is 1.76. The predicted molar refractivity (Wildman–Crippen MR) is 122 cm³/mol. The average Bonchev–Trinajstić information content (AvgIpc) is 2.75. The lowest BCUT2D eigenvalue weighted by Gasteiger charge is -2.16. The smallest absolute Gasteiger partial charge is 0.258 e. The van der Waals surface area contributed by atoms with E-state index in [-0.39, 0.29) is 22.8 Å². The summed E-state index contributed by atoms with van der Waals surface area (Å²) < 4.78 is 1.64. The number of nitrogens with one attached hydrogen (secondary N) is 2. The van der Waals surface area contributed by atoms with E-state index in [1.54, 1.807) is 23.7 Å². The number of hydrogen-bond acceptors (Lipinski definition) is 7. The van der Waals surface area contributed by atoms with E-state index in [0.29, 0.717) is 23.5 Å². The van der Waals surface area contributed by atoms with Gasteiger partial charge in [0.2, 0.25) is 0 Å². The number of aromatic nitrogens is 3. The van der Waals surface area contributed by atoms with Crippen LogP contribution in [0.2, 0.25) is 0 Å². The van der Waals surface area contributed by atoms with Gasteiger partial charge in [-0.3, -0.25) is 10.2 Å². The summed E-state index contributed by atoms with van der Waals surface area (Å²) in [5.74, 6) is 0.598. The molecule has 0 saturated carbocycles. The van der Waals surface area contributed by atoms with Gasteiger partial charge in [-0.05, 0) is 43.2 Å². The van der Waals surface area contributed by atoms with Gasteiger partial charge in [-0.2, -0.15) is 0 Å². The van der Waals surface area contributed by atoms with Crippen LogP contribution in [-0.4, -0.2) is 25.4 Å². The topological polar surface area (TPSA) is 130 Å². The lowest BCUT2D eigenvalue weighted by Crippen LogP contribution is -2.47. The first-order valence-corrected chi connectivity index (χ1v) is 9.98. The largest absolute Gasteiger partial charge is 0.508 e. The molecule has 0 amide bonds. The van der Waals surface area contributed by atoms with E-state index in [1.165, 1.54) is 18.5 Å². The van der Waals surface area contributed by atoms with Gasteiger partial charge in [-0.1, -0.05) is 23.8 Å². The van der Waals surface area contributed by atoms with Gasteiger partial charge in [0.05, 0.1) is 17.8 Å². The van der Waals surface area contributed by atoms with Crippen LogP contribution in [0.1, 0.15) is 36.6 Å². The Hall–Kier alpha value is -3.94. The second kappa shape index (κ2) is 8.06. The monoisotopic (exact) mass is 416 g/mol. The number of benzene rings is 1. The van der Waals surface area contributed by atoms with Crippen molar-refractivity contribution in [3.8, 4) is 5.75 Å². The number of phenolic OH excluding ortho intramolecular Hbond substituents is 1. The van der Waals surface area contributed by atoms with Crippen LogP contribution in [0.25, 0.3) is 11.6 Å². The highest BCUT2D eigenvalue weighted by atomic mass is 16.3. The number of hydrogen-bond donors (Lipinski definition) is 4. The lowest BCUT2D eigenvalue weighted by molar-refractivity contribution is 0.475. The number of pyridine rings is 1. The van der Waals surface area contributed by atoms with E-state index in [4.69, 9.17) is 11.1 Å². The number of rotatable bonds is 5. The molecule has 8 nitrogen and oxygen atoms in total. The summed E-state index contributed by atoms with van der Waals surface area (Å²) in [6.07, 6.45) is 5.25. The molecule has 0 bridgehead atoms. The molecule has 0 saturated heterocycles. The molecule has 0 aliphatic heterocycles. The Labute approximate surface area is 178 Å². The molecular formula is C23H24N6O2. The van der Waals surface area contributed by atoms with Crippen molar-refractivity contribution in [3.63, 3.8) is 0 Å². The summed E-state index contributed by atoms with van der Waals surface area (Å²) in [5, 5.41) is 23.3. The number of anilines is 2. The van der Waals surface area contributed by atoms with Crippen LogP contribution in [0.3, 0.4) is 0 Å². The molecule has 5 N–H and O–H groups in total. The van der Waals surface area contributed by atoms with Crippen LogP contribution in [0.5, 0.6) is 5.75 Å². The predicted octanol–water partition coefficient (Wildman–Crippen LogP) is 1.24. The van der Waals surface area contributed by atoms with Crippen molar-refractivity contribution >= 4 is 29.0 Å². The van der Waals surface area contributed by atoms with Crippen molar-refractivity contribution in [1.29, 1.82) is 5.41 Å². The fraction of sp³-hybridized carbons (Fsp3) is 0.217. The number of nitrogens with zero attached hydrogens (tertiary/aromatic N) is 3. The molecule has 8 heteroatoms. The summed E-state index contributed by atoms with van der Waals surface area (Å²) in [6, 6.07) is 8.40. The van der Waals surface area contributed by atoms with Crippen molar-refractivity contribution < 1.29 is 5.11 Å². The summed E-state index contributed by atoms with van der Waals surface area (Å²) in [6.45, 7) is 2.33. The highest BCUT2D eigenvalue weighted by molar-refractivity contribution is 6.16. The minimum absolute atomic E-state index is 0.0160. The molecule has 0 spiro atoms. The number of aromatic hydroxyl groups is 1. The number of nitrogens with two attached hydrogens (primary N) is 1. The van der Waals surface area contributed by atoms with Gasteiger partial charge in [0.1, 0.15) is 23.7 Å². The first kappa shape index (κ1) is 20.3.